The van der Waals surface area contributed by atoms with Crippen LogP contribution in [0.2, 0.25) is 0 Å². The molecule has 4 nitrogen and oxygen atoms in total. The van der Waals surface area contributed by atoms with Gasteiger partial charge in [0.05, 0.1) is 21.0 Å². The molecule has 0 spiro atoms. The molecule has 1 aliphatic rings. The summed E-state index contributed by atoms with van der Waals surface area (Å²) >= 11 is 4.48. The van der Waals surface area contributed by atoms with Crippen LogP contribution in [0.5, 0.6) is 5.75 Å². The van der Waals surface area contributed by atoms with E-state index in [9.17, 15) is 4.79 Å². The average Bonchev–Trinajstić information content (AvgIpc) is 2.65. The van der Waals surface area contributed by atoms with Crippen LogP contribution in [-0.2, 0) is 9.63 Å². The molecule has 1 aliphatic heterocycles. The zero-order chi connectivity index (χ0) is 14.9. The molecule has 0 aliphatic carbocycles. The highest BCUT2D eigenvalue weighted by Gasteiger charge is 2.23. The van der Waals surface area contributed by atoms with Crippen molar-refractivity contribution in [3.05, 3.63) is 30.4 Å². The quantitative estimate of drug-likeness (QED) is 0.361. The smallest absolute Gasteiger partial charge is 0.367 e. The van der Waals surface area contributed by atoms with E-state index in [2.05, 4.69) is 55.2 Å². The lowest BCUT2D eigenvalue weighted by atomic mass is 10.1. The number of rotatable bonds is 3. The second-order valence-corrected chi connectivity index (χ2v) is 6.99. The van der Waals surface area contributed by atoms with Gasteiger partial charge in [-0.25, -0.2) is 4.79 Å². The number of carbonyl (C=O) groups is 1. The zero-order valence-corrected chi connectivity index (χ0v) is 15.6. The van der Waals surface area contributed by atoms with E-state index in [0.717, 1.165) is 18.5 Å². The van der Waals surface area contributed by atoms with E-state index in [1.165, 1.54) is 0 Å². The summed E-state index contributed by atoms with van der Waals surface area (Å²) in [6, 6.07) is 4.01. The van der Waals surface area contributed by atoms with Gasteiger partial charge >= 0.3 is 5.97 Å². The van der Waals surface area contributed by atoms with Crippen molar-refractivity contribution in [2.75, 3.05) is 0 Å². The number of ether oxygens (including phenoxy) is 1. The number of benzene rings is 1. The normalized spacial score (nSPS) is 16.6. The number of hydrogen-bond donors (Lipinski definition) is 0. The minimum absolute atomic E-state index is 0.0611. The lowest BCUT2D eigenvalue weighted by Gasteiger charge is -2.15. The fourth-order valence-electron chi connectivity index (χ4n) is 1.72. The molecule has 0 saturated heterocycles. The minimum atomic E-state index is -0.424. The van der Waals surface area contributed by atoms with E-state index in [1.54, 1.807) is 13.0 Å². The maximum Gasteiger partial charge on any atom is 0.367 e. The molecule has 0 N–H and O–H groups in total. The zero-order valence-electron chi connectivity index (χ0n) is 11.2. The molecule has 2 rings (SSSR count). The number of nitrogens with zero attached hydrogens (tertiary/aromatic N) is 1. The molecular formula is C14H13I2NO3. The summed E-state index contributed by atoms with van der Waals surface area (Å²) in [5.74, 6) is 0.355. The highest BCUT2D eigenvalue weighted by atomic mass is 127. The highest BCUT2D eigenvalue weighted by Crippen LogP contribution is 2.31. The largest absolute Gasteiger partial charge is 0.489 e. The summed E-state index contributed by atoms with van der Waals surface area (Å²) in [6.07, 6.45) is 1.84. The Morgan fingerprint density at radius 3 is 2.60 bits per heavy atom. The summed E-state index contributed by atoms with van der Waals surface area (Å²) in [5, 5.41) is 3.68. The summed E-state index contributed by atoms with van der Waals surface area (Å²) < 4.78 is 7.95. The van der Waals surface area contributed by atoms with Gasteiger partial charge in [0, 0.05) is 9.13 Å². The van der Waals surface area contributed by atoms with Crippen molar-refractivity contribution in [1.29, 1.82) is 0 Å². The van der Waals surface area contributed by atoms with Crippen molar-refractivity contribution in [3.8, 4) is 5.75 Å². The van der Waals surface area contributed by atoms with E-state index in [4.69, 9.17) is 4.74 Å². The number of carbonyl (C=O) groups excluding carboxylic acids is 1. The van der Waals surface area contributed by atoms with Gasteiger partial charge in [0.1, 0.15) is 5.75 Å². The van der Waals surface area contributed by atoms with Crippen LogP contribution in [0, 0.1) is 7.14 Å². The molecule has 106 valence electrons. The van der Waals surface area contributed by atoms with Gasteiger partial charge in [0.25, 0.3) is 0 Å². The monoisotopic (exact) mass is 497 g/mol. The first kappa shape index (κ1) is 15.7. The summed E-state index contributed by atoms with van der Waals surface area (Å²) in [6.45, 7) is 5.70. The first-order valence-corrected chi connectivity index (χ1v) is 8.18. The molecule has 6 heteroatoms. The number of oxime groups is 1. The van der Waals surface area contributed by atoms with Crippen molar-refractivity contribution < 1.29 is 14.4 Å². The van der Waals surface area contributed by atoms with E-state index < -0.39 is 5.97 Å². The lowest BCUT2D eigenvalue weighted by Crippen LogP contribution is -2.09. The Morgan fingerprint density at radius 1 is 1.35 bits per heavy atom. The first-order chi connectivity index (χ1) is 9.38. The molecule has 0 amide bonds. The second-order valence-electron chi connectivity index (χ2n) is 4.59. The molecule has 1 aromatic rings. The highest BCUT2D eigenvalue weighted by molar-refractivity contribution is 14.1. The molecule has 0 bridgehead atoms. The Morgan fingerprint density at radius 2 is 2.05 bits per heavy atom. The summed E-state index contributed by atoms with van der Waals surface area (Å²) in [4.78, 5) is 16.3. The standard InChI is InChI=1S/C14H13I2NO3/c1-7(2)19-13-9(4-10(15)6-12(13)16)5-11-8(3)17-20-14(11)18/h4-7H,1-3H3/b11-5-. The van der Waals surface area contributed by atoms with Crippen LogP contribution in [0.3, 0.4) is 0 Å². The molecule has 1 heterocycles. The van der Waals surface area contributed by atoms with Gasteiger partial charge in [-0.15, -0.1) is 0 Å². The van der Waals surface area contributed by atoms with Crippen LogP contribution in [0.15, 0.2) is 22.9 Å². The van der Waals surface area contributed by atoms with Gasteiger partial charge in [0.2, 0.25) is 0 Å². The fourth-order valence-corrected chi connectivity index (χ4v) is 3.74. The van der Waals surface area contributed by atoms with Gasteiger partial charge in [-0.1, -0.05) is 5.16 Å². The third-order valence-corrected chi connectivity index (χ3v) is 3.99. The Kier molecular flexibility index (Phi) is 5.05. The van der Waals surface area contributed by atoms with Gasteiger partial charge in [-0.2, -0.15) is 0 Å². The molecule has 0 aromatic heterocycles. The first-order valence-electron chi connectivity index (χ1n) is 6.02. The molecule has 0 radical (unpaired) electrons. The summed E-state index contributed by atoms with van der Waals surface area (Å²) in [5.41, 5.74) is 1.91. The van der Waals surface area contributed by atoms with Gasteiger partial charge in [0.15, 0.2) is 0 Å². The third-order valence-electron chi connectivity index (χ3n) is 2.57. The Bertz CT molecular complexity index is 621. The fraction of sp³-hybridized carbons (Fsp3) is 0.286. The van der Waals surface area contributed by atoms with Crippen molar-refractivity contribution in [3.63, 3.8) is 0 Å². The Labute approximate surface area is 144 Å². The Hall–Kier alpha value is -0.640. The van der Waals surface area contributed by atoms with E-state index in [0.29, 0.717) is 11.3 Å². The van der Waals surface area contributed by atoms with E-state index in [1.807, 2.05) is 26.0 Å². The minimum Gasteiger partial charge on any atom is -0.489 e. The maximum absolute atomic E-state index is 11.6. The molecule has 0 atom stereocenters. The van der Waals surface area contributed by atoms with Crippen molar-refractivity contribution in [2.45, 2.75) is 26.9 Å². The van der Waals surface area contributed by atoms with Crippen LogP contribution in [0.4, 0.5) is 0 Å². The molecule has 0 saturated carbocycles. The molecule has 0 fully saturated rings. The number of halogens is 2. The van der Waals surface area contributed by atoms with E-state index >= 15 is 0 Å². The van der Waals surface area contributed by atoms with Crippen LogP contribution >= 0.6 is 45.2 Å². The molecule has 1 aromatic carbocycles. The summed E-state index contributed by atoms with van der Waals surface area (Å²) in [7, 11) is 0. The predicted molar refractivity (Wildman–Crippen MR) is 94.8 cm³/mol. The van der Waals surface area contributed by atoms with Crippen LogP contribution in [0.1, 0.15) is 26.3 Å². The maximum atomic E-state index is 11.6. The third kappa shape index (κ3) is 3.51. The van der Waals surface area contributed by atoms with Crippen molar-refractivity contribution in [1.82, 2.24) is 0 Å². The molecule has 0 unspecified atom stereocenters. The topological polar surface area (TPSA) is 47.9 Å². The number of hydrogen-bond acceptors (Lipinski definition) is 4. The SMILES string of the molecule is CC1=NOC(=O)/C1=C\c1cc(I)cc(I)c1OC(C)C. The van der Waals surface area contributed by atoms with Crippen LogP contribution in [0.25, 0.3) is 6.08 Å². The molecule has 20 heavy (non-hydrogen) atoms. The van der Waals surface area contributed by atoms with Crippen LogP contribution in [-0.4, -0.2) is 17.8 Å². The van der Waals surface area contributed by atoms with Crippen molar-refractivity contribution >= 4 is 62.9 Å². The van der Waals surface area contributed by atoms with Crippen molar-refractivity contribution in [2.24, 2.45) is 5.16 Å². The van der Waals surface area contributed by atoms with Gasteiger partial charge in [-0.3, -0.25) is 0 Å². The van der Waals surface area contributed by atoms with Gasteiger partial charge < -0.3 is 9.57 Å². The van der Waals surface area contributed by atoms with Crippen LogP contribution < -0.4 is 4.74 Å². The predicted octanol–water partition coefficient (Wildman–Crippen LogP) is 4.00. The Balaban J connectivity index is 2.53. The average molecular weight is 497 g/mol. The molecular weight excluding hydrogens is 484 g/mol. The second kappa shape index (κ2) is 6.42. The van der Waals surface area contributed by atoms with E-state index in [-0.39, 0.29) is 6.10 Å². The van der Waals surface area contributed by atoms with Gasteiger partial charge in [-0.05, 0) is 84.2 Å². The lowest BCUT2D eigenvalue weighted by molar-refractivity contribution is -0.136.